The van der Waals surface area contributed by atoms with Crippen LogP contribution in [0.2, 0.25) is 0 Å². The number of para-hydroxylation sites is 1. The average molecular weight is 338 g/mol. The van der Waals surface area contributed by atoms with E-state index in [1.54, 1.807) is 31.2 Å². The number of amides is 2. The van der Waals surface area contributed by atoms with Gasteiger partial charge in [-0.05, 0) is 56.5 Å². The normalized spacial score (nSPS) is 14.5. The molecule has 3 rings (SSSR count). The number of benzene rings is 2. The van der Waals surface area contributed by atoms with Gasteiger partial charge in [0.05, 0.1) is 11.3 Å². The van der Waals surface area contributed by atoms with Crippen LogP contribution < -0.4 is 15.4 Å². The molecule has 0 radical (unpaired) electrons. The molecule has 0 spiro atoms. The lowest BCUT2D eigenvalue weighted by molar-refractivity contribution is -0.122. The molecule has 25 heavy (non-hydrogen) atoms. The molecule has 5 heteroatoms. The highest BCUT2D eigenvalue weighted by Crippen LogP contribution is 2.22. The second kappa shape index (κ2) is 7.38. The standard InChI is InChI=1S/C20H22N2O3/c1-13-6-5-7-16(12-13)25-14(2)19(23)22-18-9-4-3-8-17(18)20(24)21-15-10-11-15/h3-9,12,14-15H,10-11H2,1-2H3,(H,21,24)(H,22,23). The van der Waals surface area contributed by atoms with E-state index in [-0.39, 0.29) is 17.9 Å². The van der Waals surface area contributed by atoms with E-state index in [2.05, 4.69) is 10.6 Å². The van der Waals surface area contributed by atoms with Gasteiger partial charge in [-0.25, -0.2) is 0 Å². The Kier molecular flexibility index (Phi) is 5.03. The number of carbonyl (C=O) groups is 2. The Balaban J connectivity index is 1.66. The first-order chi connectivity index (χ1) is 12.0. The summed E-state index contributed by atoms with van der Waals surface area (Å²) in [6, 6.07) is 14.8. The molecule has 130 valence electrons. The smallest absolute Gasteiger partial charge is 0.265 e. The maximum atomic E-state index is 12.4. The number of hydrogen-bond donors (Lipinski definition) is 2. The van der Waals surface area contributed by atoms with Crippen LogP contribution in [0, 0.1) is 6.92 Å². The molecular formula is C20H22N2O3. The second-order valence-electron chi connectivity index (χ2n) is 6.36. The van der Waals surface area contributed by atoms with Gasteiger partial charge in [0.2, 0.25) is 0 Å². The first-order valence-electron chi connectivity index (χ1n) is 8.47. The Bertz CT molecular complexity index is 784. The molecule has 5 nitrogen and oxygen atoms in total. The molecule has 1 atom stereocenters. The zero-order valence-electron chi connectivity index (χ0n) is 14.4. The van der Waals surface area contributed by atoms with E-state index in [1.165, 1.54) is 0 Å². The van der Waals surface area contributed by atoms with Gasteiger partial charge in [0.15, 0.2) is 6.10 Å². The molecule has 1 aliphatic rings. The largest absolute Gasteiger partial charge is 0.481 e. The third kappa shape index (κ3) is 4.59. The van der Waals surface area contributed by atoms with E-state index in [9.17, 15) is 9.59 Å². The van der Waals surface area contributed by atoms with Crippen molar-refractivity contribution < 1.29 is 14.3 Å². The summed E-state index contributed by atoms with van der Waals surface area (Å²) < 4.78 is 5.69. The third-order valence-corrected chi connectivity index (χ3v) is 4.01. The number of hydrogen-bond acceptors (Lipinski definition) is 3. The van der Waals surface area contributed by atoms with E-state index in [1.807, 2.05) is 31.2 Å². The maximum Gasteiger partial charge on any atom is 0.265 e. The summed E-state index contributed by atoms with van der Waals surface area (Å²) in [6.07, 6.45) is 1.35. The quantitative estimate of drug-likeness (QED) is 0.849. The fraction of sp³-hybridized carbons (Fsp3) is 0.300. The molecule has 2 amide bonds. The Morgan fingerprint density at radius 3 is 2.60 bits per heavy atom. The average Bonchev–Trinajstić information content (AvgIpc) is 3.39. The number of aryl methyl sites for hydroxylation is 1. The van der Waals surface area contributed by atoms with Gasteiger partial charge in [-0.15, -0.1) is 0 Å². The zero-order valence-corrected chi connectivity index (χ0v) is 14.4. The summed E-state index contributed by atoms with van der Waals surface area (Å²) in [7, 11) is 0. The lowest BCUT2D eigenvalue weighted by Gasteiger charge is -2.16. The van der Waals surface area contributed by atoms with Crippen molar-refractivity contribution in [2.24, 2.45) is 0 Å². The molecule has 1 fully saturated rings. The van der Waals surface area contributed by atoms with Crippen LogP contribution in [0.5, 0.6) is 5.75 Å². The Hall–Kier alpha value is -2.82. The Morgan fingerprint density at radius 2 is 1.88 bits per heavy atom. The number of nitrogens with one attached hydrogen (secondary N) is 2. The predicted molar refractivity (Wildman–Crippen MR) is 96.8 cm³/mol. The van der Waals surface area contributed by atoms with Crippen molar-refractivity contribution in [2.45, 2.75) is 38.8 Å². The summed E-state index contributed by atoms with van der Waals surface area (Å²) in [5.41, 5.74) is 2.02. The zero-order chi connectivity index (χ0) is 17.8. The van der Waals surface area contributed by atoms with Crippen LogP contribution in [0.4, 0.5) is 5.69 Å². The summed E-state index contributed by atoms with van der Waals surface area (Å²) in [4.78, 5) is 24.7. The van der Waals surface area contributed by atoms with Crippen LogP contribution in [0.25, 0.3) is 0 Å². The minimum Gasteiger partial charge on any atom is -0.481 e. The number of rotatable bonds is 6. The summed E-state index contributed by atoms with van der Waals surface area (Å²) in [5.74, 6) is 0.182. The van der Waals surface area contributed by atoms with Gasteiger partial charge in [0, 0.05) is 6.04 Å². The van der Waals surface area contributed by atoms with E-state index >= 15 is 0 Å². The topological polar surface area (TPSA) is 67.4 Å². The highest BCUT2D eigenvalue weighted by Gasteiger charge is 2.25. The van der Waals surface area contributed by atoms with Crippen molar-refractivity contribution in [2.75, 3.05) is 5.32 Å². The molecule has 1 unspecified atom stereocenters. The van der Waals surface area contributed by atoms with E-state index < -0.39 is 6.10 Å². The summed E-state index contributed by atoms with van der Waals surface area (Å²) >= 11 is 0. The third-order valence-electron chi connectivity index (χ3n) is 4.01. The highest BCUT2D eigenvalue weighted by molar-refractivity contribution is 6.04. The fourth-order valence-corrected chi connectivity index (χ4v) is 2.46. The van der Waals surface area contributed by atoms with Crippen LogP contribution in [0.1, 0.15) is 35.7 Å². The van der Waals surface area contributed by atoms with Gasteiger partial charge in [-0.1, -0.05) is 24.3 Å². The molecule has 2 N–H and O–H groups in total. The Labute approximate surface area is 147 Å². The first kappa shape index (κ1) is 17.0. The van der Waals surface area contributed by atoms with Crippen LogP contribution in [0.3, 0.4) is 0 Å². The monoisotopic (exact) mass is 338 g/mol. The number of ether oxygens (including phenoxy) is 1. The molecule has 0 bridgehead atoms. The van der Waals surface area contributed by atoms with Gasteiger partial charge in [0.25, 0.3) is 11.8 Å². The molecular weight excluding hydrogens is 316 g/mol. The molecule has 0 aliphatic heterocycles. The van der Waals surface area contributed by atoms with Crippen molar-refractivity contribution in [1.82, 2.24) is 5.32 Å². The fourth-order valence-electron chi connectivity index (χ4n) is 2.46. The van der Waals surface area contributed by atoms with Gasteiger partial charge >= 0.3 is 0 Å². The first-order valence-corrected chi connectivity index (χ1v) is 8.47. The van der Waals surface area contributed by atoms with Crippen LogP contribution >= 0.6 is 0 Å². The Morgan fingerprint density at radius 1 is 1.12 bits per heavy atom. The molecule has 0 saturated heterocycles. The maximum absolute atomic E-state index is 12.4. The van der Waals surface area contributed by atoms with E-state index in [0.29, 0.717) is 17.0 Å². The van der Waals surface area contributed by atoms with Gasteiger partial charge in [0.1, 0.15) is 5.75 Å². The molecule has 1 saturated carbocycles. The number of anilines is 1. The number of carbonyl (C=O) groups excluding carboxylic acids is 2. The SMILES string of the molecule is Cc1cccc(OC(C)C(=O)Nc2ccccc2C(=O)NC2CC2)c1. The van der Waals surface area contributed by atoms with Crippen LogP contribution in [-0.4, -0.2) is 24.0 Å². The van der Waals surface area contributed by atoms with Crippen LogP contribution in [-0.2, 0) is 4.79 Å². The van der Waals surface area contributed by atoms with Gasteiger partial charge in [-0.2, -0.15) is 0 Å². The van der Waals surface area contributed by atoms with Gasteiger partial charge < -0.3 is 15.4 Å². The van der Waals surface area contributed by atoms with Crippen molar-refractivity contribution in [3.63, 3.8) is 0 Å². The minimum atomic E-state index is -0.679. The molecule has 2 aromatic carbocycles. The molecule has 2 aromatic rings. The second-order valence-corrected chi connectivity index (χ2v) is 6.36. The predicted octanol–water partition coefficient (Wildman–Crippen LogP) is 3.29. The van der Waals surface area contributed by atoms with E-state index in [4.69, 9.17) is 4.74 Å². The van der Waals surface area contributed by atoms with E-state index in [0.717, 1.165) is 18.4 Å². The highest BCUT2D eigenvalue weighted by atomic mass is 16.5. The minimum absolute atomic E-state index is 0.161. The van der Waals surface area contributed by atoms with Crippen LogP contribution in [0.15, 0.2) is 48.5 Å². The van der Waals surface area contributed by atoms with Crippen molar-refractivity contribution in [3.05, 3.63) is 59.7 Å². The summed E-state index contributed by atoms with van der Waals surface area (Å²) in [6.45, 7) is 3.65. The van der Waals surface area contributed by atoms with Crippen molar-refractivity contribution >= 4 is 17.5 Å². The van der Waals surface area contributed by atoms with Gasteiger partial charge in [-0.3, -0.25) is 9.59 Å². The molecule has 0 heterocycles. The molecule has 0 aromatic heterocycles. The van der Waals surface area contributed by atoms with Crippen molar-refractivity contribution in [1.29, 1.82) is 0 Å². The lowest BCUT2D eigenvalue weighted by Crippen LogP contribution is -2.32. The van der Waals surface area contributed by atoms with Crippen molar-refractivity contribution in [3.8, 4) is 5.75 Å². The lowest BCUT2D eigenvalue weighted by atomic mass is 10.1. The molecule has 1 aliphatic carbocycles. The summed E-state index contributed by atoms with van der Waals surface area (Å²) in [5, 5.41) is 5.73.